The van der Waals surface area contributed by atoms with Gasteiger partial charge in [-0.05, 0) is 44.7 Å². The Kier molecular flexibility index (Phi) is 5.77. The molecule has 0 spiro atoms. The van der Waals surface area contributed by atoms with E-state index in [0.717, 1.165) is 31.2 Å². The van der Waals surface area contributed by atoms with E-state index in [1.165, 1.54) is 19.4 Å². The summed E-state index contributed by atoms with van der Waals surface area (Å²) >= 11 is 0. The lowest BCUT2D eigenvalue weighted by Gasteiger charge is -2.15. The number of nitrogens with two attached hydrogens (primary N) is 1. The van der Waals surface area contributed by atoms with E-state index in [4.69, 9.17) is 5.84 Å². The van der Waals surface area contributed by atoms with Gasteiger partial charge in [0.2, 0.25) is 5.91 Å². The number of carbonyl (C=O) groups is 1. The Morgan fingerprint density at radius 3 is 2.69 bits per heavy atom. The molecule has 0 aromatic rings. The maximum atomic E-state index is 10.9. The van der Waals surface area contributed by atoms with E-state index in [9.17, 15) is 4.79 Å². The molecule has 4 heteroatoms. The topological polar surface area (TPSA) is 58.4 Å². The van der Waals surface area contributed by atoms with Gasteiger partial charge in [-0.2, -0.15) is 0 Å². The predicted octanol–water partition coefficient (Wildman–Crippen LogP) is 1.12. The van der Waals surface area contributed by atoms with Crippen LogP contribution in [0.2, 0.25) is 0 Å². The van der Waals surface area contributed by atoms with Crippen molar-refractivity contribution < 1.29 is 4.79 Å². The van der Waals surface area contributed by atoms with Crippen molar-refractivity contribution in [3.8, 4) is 0 Å². The number of hydrogen-bond acceptors (Lipinski definition) is 3. The average molecular weight is 227 g/mol. The molecule has 1 aliphatic rings. The second-order valence-electron chi connectivity index (χ2n) is 5.11. The molecule has 1 amide bonds. The quantitative estimate of drug-likeness (QED) is 0.283. The minimum atomic E-state index is -0.0554. The monoisotopic (exact) mass is 227 g/mol. The number of nitrogens with zero attached hydrogens (tertiary/aromatic N) is 1. The number of hydrogen-bond donors (Lipinski definition) is 2. The number of amides is 1. The zero-order valence-electron chi connectivity index (χ0n) is 10.5. The molecule has 1 fully saturated rings. The molecule has 0 saturated heterocycles. The first kappa shape index (κ1) is 13.5. The standard InChI is InChI=1S/C12H25N3O/c1-10-8-11(10)9-15(2)7-5-3-4-6-12(16)14-13/h10-11H,3-9,13H2,1-2H3,(H,14,16). The van der Waals surface area contributed by atoms with Gasteiger partial charge in [0.15, 0.2) is 0 Å². The van der Waals surface area contributed by atoms with Crippen LogP contribution >= 0.6 is 0 Å². The molecule has 0 radical (unpaired) electrons. The molecule has 16 heavy (non-hydrogen) atoms. The van der Waals surface area contributed by atoms with Gasteiger partial charge in [0.05, 0.1) is 0 Å². The summed E-state index contributed by atoms with van der Waals surface area (Å²) in [6.07, 6.45) is 5.19. The molecule has 3 N–H and O–H groups in total. The van der Waals surface area contributed by atoms with E-state index < -0.39 is 0 Å². The molecule has 0 aromatic heterocycles. The van der Waals surface area contributed by atoms with Crippen LogP contribution < -0.4 is 11.3 Å². The molecule has 1 saturated carbocycles. The van der Waals surface area contributed by atoms with Gasteiger partial charge in [0.25, 0.3) is 0 Å². The van der Waals surface area contributed by atoms with Crippen LogP contribution in [0, 0.1) is 11.8 Å². The van der Waals surface area contributed by atoms with Crippen LogP contribution in [-0.4, -0.2) is 30.9 Å². The lowest BCUT2D eigenvalue weighted by molar-refractivity contribution is -0.121. The van der Waals surface area contributed by atoms with Gasteiger partial charge in [0, 0.05) is 13.0 Å². The van der Waals surface area contributed by atoms with Crippen molar-refractivity contribution in [3.05, 3.63) is 0 Å². The number of carbonyl (C=O) groups excluding carboxylic acids is 1. The van der Waals surface area contributed by atoms with Crippen molar-refractivity contribution >= 4 is 5.91 Å². The highest BCUT2D eigenvalue weighted by Gasteiger charge is 2.32. The molecule has 0 heterocycles. The van der Waals surface area contributed by atoms with Gasteiger partial charge in [-0.25, -0.2) is 5.84 Å². The number of unbranched alkanes of at least 4 members (excludes halogenated alkanes) is 2. The maximum absolute atomic E-state index is 10.9. The second-order valence-corrected chi connectivity index (χ2v) is 5.11. The second kappa shape index (κ2) is 6.86. The molecule has 2 unspecified atom stereocenters. The van der Waals surface area contributed by atoms with Crippen LogP contribution in [0.15, 0.2) is 0 Å². The van der Waals surface area contributed by atoms with Crippen molar-refractivity contribution in [1.82, 2.24) is 10.3 Å². The smallest absolute Gasteiger partial charge is 0.233 e. The first-order chi connectivity index (χ1) is 7.63. The summed E-state index contributed by atoms with van der Waals surface area (Å²) in [5, 5.41) is 0. The number of nitrogens with one attached hydrogen (secondary N) is 1. The highest BCUT2D eigenvalue weighted by molar-refractivity contribution is 5.74. The van der Waals surface area contributed by atoms with E-state index >= 15 is 0 Å². The Morgan fingerprint density at radius 2 is 2.12 bits per heavy atom. The van der Waals surface area contributed by atoms with Crippen molar-refractivity contribution in [2.75, 3.05) is 20.1 Å². The Labute approximate surface area is 98.5 Å². The molecule has 2 atom stereocenters. The molecular formula is C12H25N3O. The number of rotatable bonds is 8. The van der Waals surface area contributed by atoms with E-state index in [-0.39, 0.29) is 5.91 Å². The minimum Gasteiger partial charge on any atom is -0.306 e. The fraction of sp³-hybridized carbons (Fsp3) is 0.917. The summed E-state index contributed by atoms with van der Waals surface area (Å²) in [5.74, 6) is 6.83. The third kappa shape index (κ3) is 5.47. The molecule has 1 aliphatic carbocycles. The maximum Gasteiger partial charge on any atom is 0.233 e. The van der Waals surface area contributed by atoms with Crippen LogP contribution in [0.25, 0.3) is 0 Å². The summed E-state index contributed by atoms with van der Waals surface area (Å²) < 4.78 is 0. The van der Waals surface area contributed by atoms with E-state index in [2.05, 4.69) is 24.3 Å². The summed E-state index contributed by atoms with van der Waals surface area (Å²) in [7, 11) is 2.19. The van der Waals surface area contributed by atoms with Crippen LogP contribution in [0.1, 0.15) is 39.0 Å². The van der Waals surface area contributed by atoms with Crippen LogP contribution in [0.3, 0.4) is 0 Å². The zero-order chi connectivity index (χ0) is 12.0. The normalized spacial score (nSPS) is 23.5. The lowest BCUT2D eigenvalue weighted by Crippen LogP contribution is -2.29. The van der Waals surface area contributed by atoms with Crippen molar-refractivity contribution in [2.45, 2.75) is 39.0 Å². The lowest BCUT2D eigenvalue weighted by atomic mass is 10.2. The fourth-order valence-corrected chi connectivity index (χ4v) is 2.06. The van der Waals surface area contributed by atoms with Crippen molar-refractivity contribution in [3.63, 3.8) is 0 Å². The Balaban J connectivity index is 1.88. The highest BCUT2D eigenvalue weighted by atomic mass is 16.2. The summed E-state index contributed by atoms with van der Waals surface area (Å²) in [6, 6.07) is 0. The Bertz CT molecular complexity index is 220. The largest absolute Gasteiger partial charge is 0.306 e. The van der Waals surface area contributed by atoms with Gasteiger partial charge in [-0.1, -0.05) is 13.3 Å². The third-order valence-corrected chi connectivity index (χ3v) is 3.43. The van der Waals surface area contributed by atoms with E-state index in [1.807, 2.05) is 0 Å². The molecular weight excluding hydrogens is 202 g/mol. The SMILES string of the molecule is CC1CC1CN(C)CCCCCC(=O)NN. The van der Waals surface area contributed by atoms with Gasteiger partial charge in [-0.3, -0.25) is 10.2 Å². The molecule has 0 aliphatic heterocycles. The predicted molar refractivity (Wildman–Crippen MR) is 65.6 cm³/mol. The Morgan fingerprint density at radius 1 is 1.44 bits per heavy atom. The average Bonchev–Trinajstić information content (AvgIpc) is 2.93. The fourth-order valence-electron chi connectivity index (χ4n) is 2.06. The first-order valence-corrected chi connectivity index (χ1v) is 6.31. The van der Waals surface area contributed by atoms with Gasteiger partial charge < -0.3 is 4.90 Å². The summed E-state index contributed by atoms with van der Waals surface area (Å²) in [4.78, 5) is 13.3. The molecule has 94 valence electrons. The highest BCUT2D eigenvalue weighted by Crippen LogP contribution is 2.37. The Hall–Kier alpha value is -0.610. The van der Waals surface area contributed by atoms with Crippen LogP contribution in [-0.2, 0) is 4.79 Å². The van der Waals surface area contributed by atoms with Gasteiger partial charge in [0.1, 0.15) is 0 Å². The van der Waals surface area contributed by atoms with Crippen molar-refractivity contribution in [2.24, 2.45) is 17.7 Å². The molecule has 4 nitrogen and oxygen atoms in total. The summed E-state index contributed by atoms with van der Waals surface area (Å²) in [6.45, 7) is 4.71. The third-order valence-electron chi connectivity index (χ3n) is 3.43. The minimum absolute atomic E-state index is 0.0554. The number of hydrazine groups is 1. The van der Waals surface area contributed by atoms with E-state index in [0.29, 0.717) is 6.42 Å². The molecule has 1 rings (SSSR count). The van der Waals surface area contributed by atoms with Crippen molar-refractivity contribution in [1.29, 1.82) is 0 Å². The van der Waals surface area contributed by atoms with Crippen LogP contribution in [0.5, 0.6) is 0 Å². The van der Waals surface area contributed by atoms with Gasteiger partial charge in [-0.15, -0.1) is 0 Å². The molecule has 0 aromatic carbocycles. The molecule has 0 bridgehead atoms. The summed E-state index contributed by atoms with van der Waals surface area (Å²) in [5.41, 5.74) is 2.15. The van der Waals surface area contributed by atoms with Gasteiger partial charge >= 0.3 is 0 Å². The first-order valence-electron chi connectivity index (χ1n) is 6.31. The zero-order valence-corrected chi connectivity index (χ0v) is 10.5. The van der Waals surface area contributed by atoms with E-state index in [1.54, 1.807) is 0 Å². The van der Waals surface area contributed by atoms with Crippen LogP contribution in [0.4, 0.5) is 0 Å².